The zero-order valence-electron chi connectivity index (χ0n) is 9.45. The average molecular weight is 202 g/mol. The molecule has 0 aliphatic carbocycles. The maximum Gasteiger partial charge on any atom is 0.168 e. The summed E-state index contributed by atoms with van der Waals surface area (Å²) in [4.78, 5) is 0. The number of ether oxygens (including phenoxy) is 2. The minimum Gasteiger partial charge on any atom is -0.394 e. The van der Waals surface area contributed by atoms with Crippen molar-refractivity contribution in [3.05, 3.63) is 0 Å². The molecule has 0 spiro atoms. The zero-order chi connectivity index (χ0) is 10.6. The quantitative estimate of drug-likeness (QED) is 0.740. The van der Waals surface area contributed by atoms with Gasteiger partial charge in [-0.05, 0) is 18.8 Å². The highest BCUT2D eigenvalue weighted by molar-refractivity contribution is 4.78. The molecule has 3 heteroatoms. The highest BCUT2D eigenvalue weighted by Crippen LogP contribution is 2.32. The van der Waals surface area contributed by atoms with Gasteiger partial charge in [-0.15, -0.1) is 0 Å². The van der Waals surface area contributed by atoms with Gasteiger partial charge >= 0.3 is 0 Å². The summed E-state index contributed by atoms with van der Waals surface area (Å²) in [5.41, 5.74) is 0. The molecule has 0 aromatic carbocycles. The molecule has 1 saturated heterocycles. The summed E-state index contributed by atoms with van der Waals surface area (Å²) in [5, 5.41) is 8.97. The molecule has 1 rings (SSSR count). The van der Waals surface area contributed by atoms with Crippen molar-refractivity contribution in [1.29, 1.82) is 0 Å². The molecule has 0 bridgehead atoms. The van der Waals surface area contributed by atoms with Crippen LogP contribution in [0.4, 0.5) is 0 Å². The van der Waals surface area contributed by atoms with E-state index in [1.165, 1.54) is 0 Å². The second-order valence-corrected chi connectivity index (χ2v) is 4.43. The van der Waals surface area contributed by atoms with Gasteiger partial charge in [0, 0.05) is 6.42 Å². The second kappa shape index (κ2) is 5.10. The molecule has 1 aliphatic rings. The molecule has 3 nitrogen and oxygen atoms in total. The normalized spacial score (nSPS) is 32.8. The molecule has 0 saturated carbocycles. The Bertz CT molecular complexity index is 170. The Morgan fingerprint density at radius 3 is 2.64 bits per heavy atom. The van der Waals surface area contributed by atoms with Gasteiger partial charge in [-0.1, -0.05) is 20.8 Å². The third-order valence-corrected chi connectivity index (χ3v) is 2.76. The molecule has 0 radical (unpaired) electrons. The van der Waals surface area contributed by atoms with Gasteiger partial charge in [0.25, 0.3) is 0 Å². The molecule has 0 amide bonds. The molecule has 1 aliphatic heterocycles. The fourth-order valence-corrected chi connectivity index (χ4v) is 1.71. The Morgan fingerprint density at radius 1 is 1.50 bits per heavy atom. The lowest BCUT2D eigenvalue weighted by Crippen LogP contribution is -2.31. The van der Waals surface area contributed by atoms with Gasteiger partial charge in [0.2, 0.25) is 0 Å². The predicted molar refractivity (Wildman–Crippen MR) is 55.0 cm³/mol. The van der Waals surface area contributed by atoms with E-state index in [0.717, 1.165) is 19.3 Å². The first kappa shape index (κ1) is 12.0. The molecule has 2 unspecified atom stereocenters. The lowest BCUT2D eigenvalue weighted by atomic mass is 10.0. The monoisotopic (exact) mass is 202 g/mol. The van der Waals surface area contributed by atoms with Gasteiger partial charge < -0.3 is 14.6 Å². The van der Waals surface area contributed by atoms with Crippen LogP contribution in [0, 0.1) is 5.92 Å². The van der Waals surface area contributed by atoms with Crippen molar-refractivity contribution in [2.45, 2.75) is 51.9 Å². The van der Waals surface area contributed by atoms with E-state index in [4.69, 9.17) is 14.6 Å². The van der Waals surface area contributed by atoms with Crippen LogP contribution >= 0.6 is 0 Å². The van der Waals surface area contributed by atoms with E-state index in [0.29, 0.717) is 12.5 Å². The number of hydrogen-bond donors (Lipinski definition) is 1. The smallest absolute Gasteiger partial charge is 0.168 e. The summed E-state index contributed by atoms with van der Waals surface area (Å²) in [6.45, 7) is 7.05. The van der Waals surface area contributed by atoms with Crippen molar-refractivity contribution in [3.63, 3.8) is 0 Å². The lowest BCUT2D eigenvalue weighted by molar-refractivity contribution is -0.179. The van der Waals surface area contributed by atoms with Crippen molar-refractivity contribution < 1.29 is 14.6 Å². The Balaban J connectivity index is 2.43. The lowest BCUT2D eigenvalue weighted by Gasteiger charge is -2.27. The van der Waals surface area contributed by atoms with Gasteiger partial charge in [-0.25, -0.2) is 0 Å². The van der Waals surface area contributed by atoms with E-state index in [9.17, 15) is 0 Å². The topological polar surface area (TPSA) is 38.7 Å². The summed E-state index contributed by atoms with van der Waals surface area (Å²) in [5.74, 6) is 0.247. The number of aliphatic hydroxyl groups is 1. The van der Waals surface area contributed by atoms with Crippen molar-refractivity contribution in [2.75, 3.05) is 13.2 Å². The highest BCUT2D eigenvalue weighted by Gasteiger charge is 2.39. The van der Waals surface area contributed by atoms with Gasteiger partial charge in [0.05, 0.1) is 13.2 Å². The van der Waals surface area contributed by atoms with Crippen molar-refractivity contribution in [2.24, 2.45) is 5.92 Å². The van der Waals surface area contributed by atoms with E-state index in [1.54, 1.807) is 0 Å². The minimum absolute atomic E-state index is 0.0590. The van der Waals surface area contributed by atoms with E-state index >= 15 is 0 Å². The van der Waals surface area contributed by atoms with E-state index in [1.807, 2.05) is 0 Å². The van der Waals surface area contributed by atoms with Crippen LogP contribution in [0.2, 0.25) is 0 Å². The third-order valence-electron chi connectivity index (χ3n) is 2.76. The van der Waals surface area contributed by atoms with Gasteiger partial charge in [-0.3, -0.25) is 0 Å². The first-order valence-corrected chi connectivity index (χ1v) is 5.54. The van der Waals surface area contributed by atoms with E-state index < -0.39 is 5.79 Å². The van der Waals surface area contributed by atoms with Crippen LogP contribution < -0.4 is 0 Å². The van der Waals surface area contributed by atoms with Crippen LogP contribution in [0.3, 0.4) is 0 Å². The molecule has 0 aromatic rings. The van der Waals surface area contributed by atoms with Crippen LogP contribution in [0.5, 0.6) is 0 Å². The molecule has 0 aromatic heterocycles. The van der Waals surface area contributed by atoms with Crippen LogP contribution in [-0.2, 0) is 9.47 Å². The first-order chi connectivity index (χ1) is 6.62. The molecular formula is C11H22O3. The van der Waals surface area contributed by atoms with Crippen LogP contribution in [0.25, 0.3) is 0 Å². The SMILES string of the molecule is CCC1(CCC(C)C)OCC(CO)O1. The first-order valence-electron chi connectivity index (χ1n) is 5.54. The molecular weight excluding hydrogens is 180 g/mol. The maximum atomic E-state index is 8.97. The number of hydrogen-bond acceptors (Lipinski definition) is 3. The summed E-state index contributed by atoms with van der Waals surface area (Å²) >= 11 is 0. The average Bonchev–Trinajstić information content (AvgIpc) is 2.59. The van der Waals surface area contributed by atoms with Gasteiger partial charge in [0.15, 0.2) is 5.79 Å². The Labute approximate surface area is 86.4 Å². The number of rotatable bonds is 5. The Morgan fingerprint density at radius 2 is 2.21 bits per heavy atom. The van der Waals surface area contributed by atoms with Crippen LogP contribution in [0.1, 0.15) is 40.0 Å². The second-order valence-electron chi connectivity index (χ2n) is 4.43. The van der Waals surface area contributed by atoms with Gasteiger partial charge in [0.1, 0.15) is 6.10 Å². The van der Waals surface area contributed by atoms with Crippen LogP contribution in [0.15, 0.2) is 0 Å². The highest BCUT2D eigenvalue weighted by atomic mass is 16.7. The predicted octanol–water partition coefficient (Wildman–Crippen LogP) is 1.94. The molecule has 1 heterocycles. The Hall–Kier alpha value is -0.120. The van der Waals surface area contributed by atoms with Crippen LogP contribution in [-0.4, -0.2) is 30.2 Å². The zero-order valence-corrected chi connectivity index (χ0v) is 9.45. The fourth-order valence-electron chi connectivity index (χ4n) is 1.71. The summed E-state index contributed by atoms with van der Waals surface area (Å²) in [6.07, 6.45) is 2.77. The third kappa shape index (κ3) is 2.94. The summed E-state index contributed by atoms with van der Waals surface area (Å²) in [6, 6.07) is 0. The Kier molecular flexibility index (Phi) is 4.35. The summed E-state index contributed by atoms with van der Waals surface area (Å²) < 4.78 is 11.4. The molecule has 1 fully saturated rings. The van der Waals surface area contributed by atoms with Crippen molar-refractivity contribution >= 4 is 0 Å². The number of aliphatic hydroxyl groups excluding tert-OH is 1. The minimum atomic E-state index is -0.419. The van der Waals surface area contributed by atoms with Crippen molar-refractivity contribution in [3.8, 4) is 0 Å². The van der Waals surface area contributed by atoms with Crippen molar-refractivity contribution in [1.82, 2.24) is 0 Å². The van der Waals surface area contributed by atoms with E-state index in [-0.39, 0.29) is 12.7 Å². The van der Waals surface area contributed by atoms with Gasteiger partial charge in [-0.2, -0.15) is 0 Å². The standard InChI is InChI=1S/C11H22O3/c1-4-11(6-5-9(2)3)13-8-10(7-12)14-11/h9-10,12H,4-8H2,1-3H3. The summed E-state index contributed by atoms with van der Waals surface area (Å²) in [7, 11) is 0. The molecule has 84 valence electrons. The molecule has 14 heavy (non-hydrogen) atoms. The molecule has 1 N–H and O–H groups in total. The largest absolute Gasteiger partial charge is 0.394 e. The fraction of sp³-hybridized carbons (Fsp3) is 1.00. The maximum absolute atomic E-state index is 8.97. The van der Waals surface area contributed by atoms with E-state index in [2.05, 4.69) is 20.8 Å². The molecule has 2 atom stereocenters.